The van der Waals surface area contributed by atoms with Gasteiger partial charge in [0.25, 0.3) is 5.91 Å². The van der Waals surface area contributed by atoms with Crippen LogP contribution in [0.2, 0.25) is 5.02 Å². The Hall–Kier alpha value is -1.27. The molecule has 1 aromatic rings. The number of carbonyl (C=O) groups is 1. The monoisotopic (exact) mass is 400 g/mol. The van der Waals surface area contributed by atoms with E-state index in [2.05, 4.69) is 19.2 Å². The van der Waals surface area contributed by atoms with Gasteiger partial charge in [0.05, 0.1) is 22.0 Å². The van der Waals surface area contributed by atoms with Gasteiger partial charge < -0.3 is 5.32 Å². The van der Waals surface area contributed by atoms with E-state index < -0.39 is 10.0 Å². The number of nitrogens with one attached hydrogen (secondary N) is 1. The van der Waals surface area contributed by atoms with E-state index in [1.165, 1.54) is 4.31 Å². The van der Waals surface area contributed by atoms with Gasteiger partial charge in [-0.15, -0.1) is 0 Å². The SMILES string of the molecule is CC(C)CCC[C@H](C)NC(=O)c1ccc(N2CCCCS2(=O)=O)cc1Cl. The molecule has 0 radical (unpaired) electrons. The summed E-state index contributed by atoms with van der Waals surface area (Å²) in [6, 6.07) is 4.91. The first-order valence-corrected chi connectivity index (χ1v) is 11.3. The lowest BCUT2D eigenvalue weighted by Gasteiger charge is -2.28. The molecule has 1 aliphatic rings. The number of hydrogen-bond acceptors (Lipinski definition) is 3. The minimum Gasteiger partial charge on any atom is -0.350 e. The van der Waals surface area contributed by atoms with Crippen molar-refractivity contribution in [1.29, 1.82) is 0 Å². The number of rotatable bonds is 7. The normalized spacial score (nSPS) is 18.0. The molecule has 1 aromatic carbocycles. The minimum absolute atomic E-state index is 0.0689. The third-order valence-electron chi connectivity index (χ3n) is 4.63. The summed E-state index contributed by atoms with van der Waals surface area (Å²) >= 11 is 6.28. The standard InChI is InChI=1S/C19H29ClN2O3S/c1-14(2)7-6-8-15(3)21-19(23)17-10-9-16(13-18(17)20)22-11-4-5-12-26(22,24)25/h9-10,13-15H,4-8,11-12H2,1-3H3,(H,21,23)/t15-/m0/s1. The zero-order chi connectivity index (χ0) is 19.3. The molecule has 0 spiro atoms. The van der Waals surface area contributed by atoms with Crippen molar-refractivity contribution in [2.45, 2.75) is 58.9 Å². The maximum absolute atomic E-state index is 12.5. The first-order chi connectivity index (χ1) is 12.2. The Morgan fingerprint density at radius 2 is 1.96 bits per heavy atom. The summed E-state index contributed by atoms with van der Waals surface area (Å²) in [7, 11) is -3.29. The minimum atomic E-state index is -3.29. The molecule has 1 amide bonds. The molecule has 146 valence electrons. The van der Waals surface area contributed by atoms with E-state index in [1.54, 1.807) is 18.2 Å². The fraction of sp³-hybridized carbons (Fsp3) is 0.632. The number of anilines is 1. The lowest BCUT2D eigenvalue weighted by atomic mass is 10.0. The van der Waals surface area contributed by atoms with Gasteiger partial charge in [-0.2, -0.15) is 0 Å². The average molecular weight is 401 g/mol. The molecule has 0 aromatic heterocycles. The molecule has 0 bridgehead atoms. The van der Waals surface area contributed by atoms with Crippen LogP contribution in [0.15, 0.2) is 18.2 Å². The molecule has 0 aliphatic carbocycles. The van der Waals surface area contributed by atoms with Crippen molar-refractivity contribution < 1.29 is 13.2 Å². The molecular weight excluding hydrogens is 372 g/mol. The lowest BCUT2D eigenvalue weighted by Crippen LogP contribution is -2.38. The molecule has 2 rings (SSSR count). The summed E-state index contributed by atoms with van der Waals surface area (Å²) in [4.78, 5) is 12.5. The third kappa shape index (κ3) is 5.61. The smallest absolute Gasteiger partial charge is 0.253 e. The summed E-state index contributed by atoms with van der Waals surface area (Å²) in [5.41, 5.74) is 0.900. The second-order valence-corrected chi connectivity index (χ2v) is 9.88. The maximum atomic E-state index is 12.5. The van der Waals surface area contributed by atoms with Gasteiger partial charge in [-0.3, -0.25) is 9.10 Å². The van der Waals surface area contributed by atoms with Crippen LogP contribution in [0, 0.1) is 5.92 Å². The number of carbonyl (C=O) groups excluding carboxylic acids is 1. The Bertz CT molecular complexity index is 734. The predicted molar refractivity (Wildman–Crippen MR) is 107 cm³/mol. The summed E-state index contributed by atoms with van der Waals surface area (Å²) in [6.07, 6.45) is 4.64. The number of nitrogens with zero attached hydrogens (tertiary/aromatic N) is 1. The molecule has 1 fully saturated rings. The van der Waals surface area contributed by atoms with Gasteiger partial charge in [-0.25, -0.2) is 8.42 Å². The van der Waals surface area contributed by atoms with Crippen LogP contribution in [0.4, 0.5) is 5.69 Å². The van der Waals surface area contributed by atoms with Crippen molar-refractivity contribution in [3.8, 4) is 0 Å². The third-order valence-corrected chi connectivity index (χ3v) is 6.81. The molecule has 1 saturated heterocycles. The van der Waals surface area contributed by atoms with Crippen molar-refractivity contribution in [3.63, 3.8) is 0 Å². The van der Waals surface area contributed by atoms with Gasteiger partial charge in [0, 0.05) is 12.6 Å². The summed E-state index contributed by atoms with van der Waals surface area (Å²) in [5.74, 6) is 0.590. The molecule has 1 atom stereocenters. The van der Waals surface area contributed by atoms with Crippen LogP contribution in [0.3, 0.4) is 0 Å². The van der Waals surface area contributed by atoms with Crippen molar-refractivity contribution >= 4 is 33.2 Å². The van der Waals surface area contributed by atoms with Crippen LogP contribution in [0.5, 0.6) is 0 Å². The van der Waals surface area contributed by atoms with E-state index in [1.807, 2.05) is 6.92 Å². The van der Waals surface area contributed by atoms with E-state index in [4.69, 9.17) is 11.6 Å². The molecule has 26 heavy (non-hydrogen) atoms. The summed E-state index contributed by atoms with van der Waals surface area (Å²) in [6.45, 7) is 6.82. The van der Waals surface area contributed by atoms with Crippen LogP contribution in [-0.4, -0.2) is 32.7 Å². The van der Waals surface area contributed by atoms with Crippen molar-refractivity contribution in [2.75, 3.05) is 16.6 Å². The highest BCUT2D eigenvalue weighted by Crippen LogP contribution is 2.28. The van der Waals surface area contributed by atoms with Crippen LogP contribution in [0.25, 0.3) is 0 Å². The average Bonchev–Trinajstić information content (AvgIpc) is 2.53. The van der Waals surface area contributed by atoms with Crippen molar-refractivity contribution in [2.24, 2.45) is 5.92 Å². The Labute approximate surface area is 162 Å². The molecule has 0 unspecified atom stereocenters. The highest BCUT2D eigenvalue weighted by atomic mass is 35.5. The van der Waals surface area contributed by atoms with E-state index in [-0.39, 0.29) is 22.7 Å². The second-order valence-electron chi connectivity index (χ2n) is 7.46. The Balaban J connectivity index is 2.03. The first kappa shape index (κ1) is 21.0. The van der Waals surface area contributed by atoms with Gasteiger partial charge in [0.15, 0.2) is 0 Å². The zero-order valence-electron chi connectivity index (χ0n) is 15.8. The number of benzene rings is 1. The topological polar surface area (TPSA) is 66.5 Å². The molecular formula is C19H29ClN2O3S. The summed E-state index contributed by atoms with van der Waals surface area (Å²) in [5, 5.41) is 3.24. The van der Waals surface area contributed by atoms with Gasteiger partial charge in [-0.05, 0) is 50.3 Å². The highest BCUT2D eigenvalue weighted by molar-refractivity contribution is 7.92. The fourth-order valence-corrected chi connectivity index (χ4v) is 5.02. The largest absolute Gasteiger partial charge is 0.350 e. The Morgan fingerprint density at radius 3 is 2.58 bits per heavy atom. The number of amides is 1. The van der Waals surface area contributed by atoms with Gasteiger partial charge in [0.1, 0.15) is 0 Å². The van der Waals surface area contributed by atoms with Gasteiger partial charge in [0.2, 0.25) is 10.0 Å². The van der Waals surface area contributed by atoms with E-state index in [9.17, 15) is 13.2 Å². The van der Waals surface area contributed by atoms with Gasteiger partial charge >= 0.3 is 0 Å². The van der Waals surface area contributed by atoms with Crippen LogP contribution in [-0.2, 0) is 10.0 Å². The van der Waals surface area contributed by atoms with Crippen molar-refractivity contribution in [3.05, 3.63) is 28.8 Å². The molecule has 0 saturated carbocycles. The summed E-state index contributed by atoms with van der Waals surface area (Å²) < 4.78 is 25.8. The second kappa shape index (κ2) is 9.09. The maximum Gasteiger partial charge on any atom is 0.253 e. The molecule has 1 heterocycles. The van der Waals surface area contributed by atoms with E-state index in [0.29, 0.717) is 30.1 Å². The van der Waals surface area contributed by atoms with Gasteiger partial charge in [-0.1, -0.05) is 38.3 Å². The van der Waals surface area contributed by atoms with Crippen LogP contribution >= 0.6 is 11.6 Å². The fourth-order valence-electron chi connectivity index (χ4n) is 3.13. The molecule has 1 N–H and O–H groups in total. The highest BCUT2D eigenvalue weighted by Gasteiger charge is 2.26. The van der Waals surface area contributed by atoms with E-state index in [0.717, 1.165) is 25.7 Å². The molecule has 7 heteroatoms. The Kier molecular flexibility index (Phi) is 7.35. The lowest BCUT2D eigenvalue weighted by molar-refractivity contribution is 0.0938. The van der Waals surface area contributed by atoms with Crippen molar-refractivity contribution in [1.82, 2.24) is 5.32 Å². The first-order valence-electron chi connectivity index (χ1n) is 9.31. The van der Waals surface area contributed by atoms with E-state index >= 15 is 0 Å². The number of hydrogen-bond donors (Lipinski definition) is 1. The molecule has 1 aliphatic heterocycles. The zero-order valence-corrected chi connectivity index (χ0v) is 17.4. The Morgan fingerprint density at radius 1 is 1.23 bits per heavy atom. The number of halogens is 1. The number of sulfonamides is 1. The molecule has 5 nitrogen and oxygen atoms in total. The predicted octanol–water partition coefficient (Wildman–Crippen LogP) is 4.21. The van der Waals surface area contributed by atoms with Crippen LogP contribution in [0.1, 0.15) is 63.2 Å². The van der Waals surface area contributed by atoms with Crippen LogP contribution < -0.4 is 9.62 Å². The quantitative estimate of drug-likeness (QED) is 0.745.